The molecule has 0 aromatic carbocycles. The van der Waals surface area contributed by atoms with Crippen molar-refractivity contribution in [2.45, 2.75) is 25.8 Å². The summed E-state index contributed by atoms with van der Waals surface area (Å²) in [5.41, 5.74) is 5.92. The van der Waals surface area contributed by atoms with Crippen LogP contribution in [0, 0.1) is 0 Å². The normalized spacial score (nSPS) is 11.9. The molecule has 1 heterocycles. The molecule has 1 aromatic rings. The van der Waals surface area contributed by atoms with E-state index in [0.29, 0.717) is 24.5 Å². The van der Waals surface area contributed by atoms with Gasteiger partial charge in [-0.1, -0.05) is 6.92 Å². The van der Waals surface area contributed by atoms with Crippen LogP contribution in [0.15, 0.2) is 18.3 Å². The fourth-order valence-corrected chi connectivity index (χ4v) is 1.39. The first-order valence-electron chi connectivity index (χ1n) is 6.03. The zero-order valence-corrected chi connectivity index (χ0v) is 10.5. The fraction of sp³-hybridized carbons (Fsp3) is 0.500. The van der Waals surface area contributed by atoms with E-state index in [1.54, 1.807) is 18.3 Å². The number of amides is 1. The average molecular weight is 252 g/mol. The Morgan fingerprint density at radius 2 is 2.33 bits per heavy atom. The number of pyridine rings is 1. The van der Waals surface area contributed by atoms with E-state index < -0.39 is 0 Å². The lowest BCUT2D eigenvalue weighted by Gasteiger charge is -2.14. The van der Waals surface area contributed by atoms with Crippen molar-refractivity contribution in [3.05, 3.63) is 18.3 Å². The second-order valence-corrected chi connectivity index (χ2v) is 3.95. The quantitative estimate of drug-likeness (QED) is 0.568. The van der Waals surface area contributed by atoms with Gasteiger partial charge in [-0.2, -0.15) is 0 Å². The number of nitrogens with one attached hydrogen (secondary N) is 2. The van der Waals surface area contributed by atoms with E-state index in [9.17, 15) is 4.79 Å². The van der Waals surface area contributed by atoms with Gasteiger partial charge < -0.3 is 21.5 Å². The predicted molar refractivity (Wildman–Crippen MR) is 71.3 cm³/mol. The molecule has 6 heteroatoms. The smallest absolute Gasteiger partial charge is 0.225 e. The van der Waals surface area contributed by atoms with Crippen LogP contribution >= 0.6 is 0 Å². The van der Waals surface area contributed by atoms with E-state index in [0.717, 1.165) is 6.42 Å². The molecule has 1 unspecified atom stereocenters. The van der Waals surface area contributed by atoms with Crippen LogP contribution in [0.5, 0.6) is 0 Å². The molecule has 0 spiro atoms. The van der Waals surface area contributed by atoms with Crippen molar-refractivity contribution in [1.29, 1.82) is 0 Å². The first kappa shape index (κ1) is 14.4. The number of aliphatic hydroxyl groups is 1. The lowest BCUT2D eigenvalue weighted by Crippen LogP contribution is -2.23. The van der Waals surface area contributed by atoms with Crippen molar-refractivity contribution >= 4 is 17.4 Å². The second-order valence-electron chi connectivity index (χ2n) is 3.95. The van der Waals surface area contributed by atoms with Crippen LogP contribution in [-0.2, 0) is 4.79 Å². The summed E-state index contributed by atoms with van der Waals surface area (Å²) in [5.74, 6) is 0.550. The molecule has 1 aromatic heterocycles. The summed E-state index contributed by atoms with van der Waals surface area (Å²) in [6, 6.07) is 3.51. The van der Waals surface area contributed by atoms with Gasteiger partial charge >= 0.3 is 0 Å². The third-order valence-corrected chi connectivity index (χ3v) is 2.48. The highest BCUT2D eigenvalue weighted by molar-refractivity contribution is 5.90. The summed E-state index contributed by atoms with van der Waals surface area (Å²) >= 11 is 0. The first-order valence-corrected chi connectivity index (χ1v) is 6.03. The number of rotatable bonds is 7. The van der Waals surface area contributed by atoms with Crippen LogP contribution in [0.4, 0.5) is 11.5 Å². The van der Waals surface area contributed by atoms with Crippen LogP contribution in [0.3, 0.4) is 0 Å². The molecule has 0 aliphatic carbocycles. The predicted octanol–water partition coefficient (Wildman–Crippen LogP) is 0.552. The molecule has 0 fully saturated rings. The van der Waals surface area contributed by atoms with Gasteiger partial charge in [-0.25, -0.2) is 4.98 Å². The van der Waals surface area contributed by atoms with E-state index in [4.69, 9.17) is 10.8 Å². The number of anilines is 2. The Bertz CT molecular complexity index is 363. The van der Waals surface area contributed by atoms with Crippen molar-refractivity contribution in [3.63, 3.8) is 0 Å². The number of hydrogen-bond acceptors (Lipinski definition) is 5. The Morgan fingerprint density at radius 3 is 2.83 bits per heavy atom. The van der Waals surface area contributed by atoms with Gasteiger partial charge in [0.05, 0.1) is 24.5 Å². The summed E-state index contributed by atoms with van der Waals surface area (Å²) in [7, 11) is 0. The molecule has 1 atom stereocenters. The molecule has 6 nitrogen and oxygen atoms in total. The zero-order valence-electron chi connectivity index (χ0n) is 10.5. The highest BCUT2D eigenvalue weighted by atomic mass is 16.3. The Morgan fingerprint density at radius 1 is 1.56 bits per heavy atom. The highest BCUT2D eigenvalue weighted by Crippen LogP contribution is 2.11. The lowest BCUT2D eigenvalue weighted by molar-refractivity contribution is -0.116. The Hall–Kier alpha value is -1.66. The molecule has 0 radical (unpaired) electrons. The van der Waals surface area contributed by atoms with Crippen molar-refractivity contribution in [2.24, 2.45) is 5.73 Å². The third kappa shape index (κ3) is 4.68. The van der Waals surface area contributed by atoms with Crippen molar-refractivity contribution in [3.8, 4) is 0 Å². The van der Waals surface area contributed by atoms with Gasteiger partial charge in [0.25, 0.3) is 0 Å². The number of hydrogen-bond donors (Lipinski definition) is 4. The number of aromatic nitrogens is 1. The number of nitrogens with two attached hydrogens (primary N) is 1. The fourth-order valence-electron chi connectivity index (χ4n) is 1.39. The van der Waals surface area contributed by atoms with Crippen LogP contribution in [0.1, 0.15) is 19.8 Å². The number of carbonyl (C=O) groups excluding carboxylic acids is 1. The van der Waals surface area contributed by atoms with Gasteiger partial charge in [0.15, 0.2) is 0 Å². The van der Waals surface area contributed by atoms with Gasteiger partial charge in [0, 0.05) is 13.0 Å². The number of nitrogens with zero attached hydrogens (tertiary/aromatic N) is 1. The maximum atomic E-state index is 11.3. The monoisotopic (exact) mass is 252 g/mol. The summed E-state index contributed by atoms with van der Waals surface area (Å²) < 4.78 is 0. The molecule has 1 amide bonds. The average Bonchev–Trinajstić information content (AvgIpc) is 2.38. The minimum Gasteiger partial charge on any atom is -0.394 e. The minimum absolute atomic E-state index is 0.00446. The van der Waals surface area contributed by atoms with Crippen LogP contribution < -0.4 is 16.4 Å². The van der Waals surface area contributed by atoms with Gasteiger partial charge in [0.2, 0.25) is 5.91 Å². The van der Waals surface area contributed by atoms with E-state index in [-0.39, 0.29) is 18.6 Å². The van der Waals surface area contributed by atoms with Gasteiger partial charge in [-0.05, 0) is 18.6 Å². The molecule has 0 aliphatic rings. The van der Waals surface area contributed by atoms with Crippen molar-refractivity contribution < 1.29 is 9.90 Å². The Labute approximate surface area is 107 Å². The molecular weight excluding hydrogens is 232 g/mol. The first-order chi connectivity index (χ1) is 8.69. The molecule has 100 valence electrons. The maximum Gasteiger partial charge on any atom is 0.225 e. The van der Waals surface area contributed by atoms with E-state index in [2.05, 4.69) is 15.6 Å². The number of carbonyl (C=O) groups is 1. The summed E-state index contributed by atoms with van der Waals surface area (Å²) in [5, 5.41) is 14.8. The summed E-state index contributed by atoms with van der Waals surface area (Å²) in [4.78, 5) is 15.5. The van der Waals surface area contributed by atoms with Crippen molar-refractivity contribution in [1.82, 2.24) is 4.98 Å². The van der Waals surface area contributed by atoms with Crippen molar-refractivity contribution in [2.75, 3.05) is 23.8 Å². The summed E-state index contributed by atoms with van der Waals surface area (Å²) in [6.07, 6.45) is 2.68. The van der Waals surface area contributed by atoms with Crippen LogP contribution in [0.25, 0.3) is 0 Å². The molecule has 0 aliphatic heterocycles. The Kier molecular flexibility index (Phi) is 6.10. The molecule has 0 saturated heterocycles. The molecule has 1 rings (SSSR count). The van der Waals surface area contributed by atoms with Gasteiger partial charge in [-0.15, -0.1) is 0 Å². The molecule has 0 bridgehead atoms. The molecular formula is C12H20N4O2. The van der Waals surface area contributed by atoms with Gasteiger partial charge in [0.1, 0.15) is 5.82 Å². The maximum absolute atomic E-state index is 11.3. The van der Waals surface area contributed by atoms with E-state index >= 15 is 0 Å². The minimum atomic E-state index is -0.123. The SMILES string of the molecule is CCC(CO)Nc1ccc(NC(=O)CCN)cn1. The standard InChI is InChI=1S/C12H20N4O2/c1-2-9(8-17)15-11-4-3-10(7-14-11)16-12(18)5-6-13/h3-4,7,9,17H,2,5-6,8,13H2,1H3,(H,14,15)(H,16,18). The second kappa shape index (κ2) is 7.62. The topological polar surface area (TPSA) is 100 Å². The third-order valence-electron chi connectivity index (χ3n) is 2.48. The highest BCUT2D eigenvalue weighted by Gasteiger charge is 2.05. The number of aliphatic hydroxyl groups excluding tert-OH is 1. The van der Waals surface area contributed by atoms with Crippen LogP contribution in [-0.4, -0.2) is 35.2 Å². The molecule has 18 heavy (non-hydrogen) atoms. The van der Waals surface area contributed by atoms with Gasteiger partial charge in [-0.3, -0.25) is 4.79 Å². The Balaban J connectivity index is 2.54. The van der Waals surface area contributed by atoms with E-state index in [1.165, 1.54) is 0 Å². The van der Waals surface area contributed by atoms with E-state index in [1.807, 2.05) is 6.92 Å². The molecule has 5 N–H and O–H groups in total. The van der Waals surface area contributed by atoms with Crippen LogP contribution in [0.2, 0.25) is 0 Å². The zero-order chi connectivity index (χ0) is 13.4. The molecule has 0 saturated carbocycles. The largest absolute Gasteiger partial charge is 0.394 e. The summed E-state index contributed by atoms with van der Waals surface area (Å²) in [6.45, 7) is 2.37. The lowest BCUT2D eigenvalue weighted by atomic mass is 10.2.